The number of anilines is 1. The lowest BCUT2D eigenvalue weighted by atomic mass is 9.94. The van der Waals surface area contributed by atoms with Gasteiger partial charge in [-0.15, -0.1) is 0 Å². The first-order valence-corrected chi connectivity index (χ1v) is 6.01. The summed E-state index contributed by atoms with van der Waals surface area (Å²) in [5.74, 6) is 1.83. The fraction of sp³-hybridized carbons (Fsp3) is 0.385. The summed E-state index contributed by atoms with van der Waals surface area (Å²) in [6.07, 6.45) is 1.79. The molecule has 4 nitrogen and oxygen atoms in total. The predicted molar refractivity (Wildman–Crippen MR) is 65.1 cm³/mol. The molecule has 1 aromatic heterocycles. The molecule has 0 amide bonds. The summed E-state index contributed by atoms with van der Waals surface area (Å²) in [7, 11) is 0. The van der Waals surface area contributed by atoms with Crippen LogP contribution in [0.5, 0.6) is 0 Å². The van der Waals surface area contributed by atoms with Gasteiger partial charge in [0.25, 0.3) is 0 Å². The molecular weight excluding hydrogens is 214 g/mol. The first kappa shape index (κ1) is 10.3. The van der Waals surface area contributed by atoms with E-state index in [-0.39, 0.29) is 5.92 Å². The van der Waals surface area contributed by atoms with E-state index in [2.05, 4.69) is 33.7 Å². The summed E-state index contributed by atoms with van der Waals surface area (Å²) in [6, 6.07) is 8.37. The minimum Gasteiger partial charge on any atom is -0.384 e. The van der Waals surface area contributed by atoms with E-state index in [1.807, 2.05) is 13.0 Å². The Morgan fingerprint density at radius 1 is 1.41 bits per heavy atom. The quantitative estimate of drug-likeness (QED) is 0.859. The summed E-state index contributed by atoms with van der Waals surface area (Å²) < 4.78 is 5.31. The first-order valence-electron chi connectivity index (χ1n) is 6.01. The van der Waals surface area contributed by atoms with Crippen LogP contribution in [0.25, 0.3) is 0 Å². The normalized spacial score (nSPS) is 18.5. The number of benzene rings is 1. The standard InChI is InChI=1S/C13H15N3O/c1-2-12-15-13(17-16-12)10-7-9-5-3-4-6-11(9)14-8-10/h3-6,10,14H,2,7-8H2,1H3. The molecule has 88 valence electrons. The molecule has 0 saturated heterocycles. The zero-order valence-corrected chi connectivity index (χ0v) is 9.81. The van der Waals surface area contributed by atoms with Gasteiger partial charge in [-0.3, -0.25) is 0 Å². The van der Waals surface area contributed by atoms with Crippen LogP contribution in [-0.2, 0) is 12.8 Å². The van der Waals surface area contributed by atoms with Gasteiger partial charge in [-0.05, 0) is 18.1 Å². The Kier molecular flexibility index (Phi) is 2.55. The highest BCUT2D eigenvalue weighted by Gasteiger charge is 2.24. The van der Waals surface area contributed by atoms with Crippen LogP contribution in [0, 0.1) is 0 Å². The van der Waals surface area contributed by atoms with E-state index in [1.54, 1.807) is 0 Å². The van der Waals surface area contributed by atoms with Crippen LogP contribution >= 0.6 is 0 Å². The molecule has 0 spiro atoms. The fourth-order valence-electron chi connectivity index (χ4n) is 2.19. The minimum absolute atomic E-state index is 0.290. The zero-order chi connectivity index (χ0) is 11.7. The maximum atomic E-state index is 5.31. The second-order valence-electron chi connectivity index (χ2n) is 4.34. The number of hydrogen-bond acceptors (Lipinski definition) is 4. The Labute approximate surface area is 100 Å². The maximum absolute atomic E-state index is 5.31. The average molecular weight is 229 g/mol. The average Bonchev–Trinajstić information content (AvgIpc) is 2.87. The number of nitrogens with zero attached hydrogens (tertiary/aromatic N) is 2. The predicted octanol–water partition coefficient (Wildman–Crippen LogP) is 2.38. The highest BCUT2D eigenvalue weighted by atomic mass is 16.5. The molecule has 2 heterocycles. The van der Waals surface area contributed by atoms with Crippen molar-refractivity contribution in [3.8, 4) is 0 Å². The summed E-state index contributed by atoms with van der Waals surface area (Å²) in [5, 5.41) is 7.36. The van der Waals surface area contributed by atoms with Crippen LogP contribution in [0.15, 0.2) is 28.8 Å². The van der Waals surface area contributed by atoms with Gasteiger partial charge in [0, 0.05) is 18.7 Å². The van der Waals surface area contributed by atoms with Gasteiger partial charge in [0.15, 0.2) is 5.82 Å². The molecule has 2 aromatic rings. The number of hydrogen-bond donors (Lipinski definition) is 1. The van der Waals surface area contributed by atoms with Gasteiger partial charge in [-0.2, -0.15) is 4.98 Å². The molecule has 0 saturated carbocycles. The number of aryl methyl sites for hydroxylation is 1. The van der Waals surface area contributed by atoms with E-state index >= 15 is 0 Å². The van der Waals surface area contributed by atoms with Crippen molar-refractivity contribution < 1.29 is 4.52 Å². The van der Waals surface area contributed by atoms with Crippen molar-refractivity contribution in [3.63, 3.8) is 0 Å². The summed E-state index contributed by atoms with van der Waals surface area (Å²) in [5.41, 5.74) is 2.54. The Balaban J connectivity index is 1.84. The molecular formula is C13H15N3O. The lowest BCUT2D eigenvalue weighted by molar-refractivity contribution is 0.350. The molecule has 1 atom stereocenters. The van der Waals surface area contributed by atoms with Crippen molar-refractivity contribution in [1.82, 2.24) is 10.1 Å². The van der Waals surface area contributed by atoms with Crippen molar-refractivity contribution in [2.45, 2.75) is 25.7 Å². The smallest absolute Gasteiger partial charge is 0.231 e. The van der Waals surface area contributed by atoms with Crippen molar-refractivity contribution in [2.75, 3.05) is 11.9 Å². The van der Waals surface area contributed by atoms with E-state index in [4.69, 9.17) is 4.52 Å². The van der Waals surface area contributed by atoms with Crippen LogP contribution in [0.3, 0.4) is 0 Å². The van der Waals surface area contributed by atoms with Crippen molar-refractivity contribution in [1.29, 1.82) is 0 Å². The summed E-state index contributed by atoms with van der Waals surface area (Å²) >= 11 is 0. The lowest BCUT2D eigenvalue weighted by Crippen LogP contribution is -2.21. The van der Waals surface area contributed by atoms with Gasteiger partial charge < -0.3 is 9.84 Å². The molecule has 0 aliphatic carbocycles. The number of aromatic nitrogens is 2. The fourth-order valence-corrected chi connectivity index (χ4v) is 2.19. The molecule has 0 bridgehead atoms. The molecule has 0 radical (unpaired) electrons. The number of nitrogens with one attached hydrogen (secondary N) is 1. The Morgan fingerprint density at radius 2 is 2.29 bits per heavy atom. The third kappa shape index (κ3) is 1.90. The molecule has 1 aliphatic rings. The Bertz CT molecular complexity index is 521. The van der Waals surface area contributed by atoms with E-state index < -0.39 is 0 Å². The molecule has 4 heteroatoms. The molecule has 0 fully saturated rings. The van der Waals surface area contributed by atoms with Gasteiger partial charge in [-0.25, -0.2) is 0 Å². The topological polar surface area (TPSA) is 51.0 Å². The van der Waals surface area contributed by atoms with E-state index in [9.17, 15) is 0 Å². The number of rotatable bonds is 2. The van der Waals surface area contributed by atoms with E-state index in [0.717, 1.165) is 31.1 Å². The first-order chi connectivity index (χ1) is 8.36. The van der Waals surface area contributed by atoms with Gasteiger partial charge in [0.1, 0.15) is 0 Å². The Hall–Kier alpha value is -1.84. The van der Waals surface area contributed by atoms with Crippen LogP contribution in [0.1, 0.15) is 30.1 Å². The van der Waals surface area contributed by atoms with Crippen molar-refractivity contribution >= 4 is 5.69 Å². The monoisotopic (exact) mass is 229 g/mol. The maximum Gasteiger partial charge on any atom is 0.231 e. The largest absolute Gasteiger partial charge is 0.384 e. The highest BCUT2D eigenvalue weighted by molar-refractivity contribution is 5.53. The molecule has 1 N–H and O–H groups in total. The third-order valence-electron chi connectivity index (χ3n) is 3.17. The molecule has 3 rings (SSSR count). The molecule has 1 unspecified atom stereocenters. The van der Waals surface area contributed by atoms with Crippen LogP contribution in [0.2, 0.25) is 0 Å². The number of para-hydroxylation sites is 1. The van der Waals surface area contributed by atoms with Crippen LogP contribution < -0.4 is 5.32 Å². The van der Waals surface area contributed by atoms with Gasteiger partial charge in [-0.1, -0.05) is 30.3 Å². The second kappa shape index (κ2) is 4.20. The van der Waals surface area contributed by atoms with Gasteiger partial charge >= 0.3 is 0 Å². The third-order valence-corrected chi connectivity index (χ3v) is 3.17. The van der Waals surface area contributed by atoms with Crippen LogP contribution in [-0.4, -0.2) is 16.7 Å². The zero-order valence-electron chi connectivity index (χ0n) is 9.81. The SMILES string of the molecule is CCc1noc(C2CNc3ccccc3C2)n1. The van der Waals surface area contributed by atoms with Crippen molar-refractivity contribution in [3.05, 3.63) is 41.5 Å². The minimum atomic E-state index is 0.290. The van der Waals surface area contributed by atoms with Gasteiger partial charge in [0.05, 0.1) is 5.92 Å². The lowest BCUT2D eigenvalue weighted by Gasteiger charge is -2.23. The summed E-state index contributed by atoms with van der Waals surface area (Å²) in [4.78, 5) is 4.41. The van der Waals surface area contributed by atoms with E-state index in [0.29, 0.717) is 0 Å². The summed E-state index contributed by atoms with van der Waals surface area (Å²) in [6.45, 7) is 2.89. The molecule has 1 aromatic carbocycles. The highest BCUT2D eigenvalue weighted by Crippen LogP contribution is 2.29. The number of fused-ring (bicyclic) bond motifs is 1. The van der Waals surface area contributed by atoms with Crippen LogP contribution in [0.4, 0.5) is 5.69 Å². The Morgan fingerprint density at radius 3 is 3.12 bits per heavy atom. The molecule has 17 heavy (non-hydrogen) atoms. The van der Waals surface area contributed by atoms with Crippen molar-refractivity contribution in [2.24, 2.45) is 0 Å². The van der Waals surface area contributed by atoms with E-state index in [1.165, 1.54) is 11.3 Å². The molecule has 1 aliphatic heterocycles. The van der Waals surface area contributed by atoms with Gasteiger partial charge in [0.2, 0.25) is 5.89 Å². The second-order valence-corrected chi connectivity index (χ2v) is 4.34.